The third-order valence-corrected chi connectivity index (χ3v) is 4.10. The van der Waals surface area contributed by atoms with Gasteiger partial charge in [-0.1, -0.05) is 23.7 Å². The monoisotopic (exact) mass is 263 g/mol. The zero-order valence-corrected chi connectivity index (χ0v) is 11.0. The molecule has 2 aromatic rings. The van der Waals surface area contributed by atoms with Crippen molar-refractivity contribution >= 4 is 22.9 Å². The average molecular weight is 264 g/mol. The third-order valence-electron chi connectivity index (χ3n) is 3.06. The highest BCUT2D eigenvalue weighted by Gasteiger charge is 2.20. The molecule has 17 heavy (non-hydrogen) atoms. The molecule has 0 aliphatic heterocycles. The maximum absolute atomic E-state index is 5.91. The first-order chi connectivity index (χ1) is 8.33. The number of hydrogen-bond acceptors (Lipinski definition) is 2. The van der Waals surface area contributed by atoms with Crippen LogP contribution in [-0.4, -0.2) is 6.04 Å². The lowest BCUT2D eigenvalue weighted by Crippen LogP contribution is -2.15. The third kappa shape index (κ3) is 2.71. The van der Waals surface area contributed by atoms with Gasteiger partial charge < -0.3 is 5.32 Å². The molecule has 0 amide bonds. The fourth-order valence-electron chi connectivity index (χ4n) is 1.88. The van der Waals surface area contributed by atoms with Gasteiger partial charge in [0.05, 0.1) is 0 Å². The molecule has 1 fully saturated rings. The summed E-state index contributed by atoms with van der Waals surface area (Å²) in [7, 11) is 0. The molecule has 3 rings (SSSR count). The van der Waals surface area contributed by atoms with Gasteiger partial charge in [0.15, 0.2) is 0 Å². The molecule has 1 N–H and O–H groups in total. The first-order valence-corrected chi connectivity index (χ1v) is 7.19. The van der Waals surface area contributed by atoms with Crippen molar-refractivity contribution in [1.82, 2.24) is 5.32 Å². The Labute approximate surface area is 110 Å². The van der Waals surface area contributed by atoms with Crippen LogP contribution >= 0.6 is 22.9 Å². The van der Waals surface area contributed by atoms with Gasteiger partial charge in [0.1, 0.15) is 0 Å². The Morgan fingerprint density at radius 1 is 1.18 bits per heavy atom. The van der Waals surface area contributed by atoms with Gasteiger partial charge in [0.25, 0.3) is 0 Å². The summed E-state index contributed by atoms with van der Waals surface area (Å²) in [6.07, 6.45) is 2.67. The van der Waals surface area contributed by atoms with E-state index in [1.165, 1.54) is 29.5 Å². The van der Waals surface area contributed by atoms with E-state index in [0.717, 1.165) is 17.6 Å². The molecule has 0 bridgehead atoms. The molecule has 1 heterocycles. The Bertz CT molecular complexity index is 499. The summed E-state index contributed by atoms with van der Waals surface area (Å²) < 4.78 is 0. The van der Waals surface area contributed by atoms with Gasteiger partial charge in [-0.25, -0.2) is 0 Å². The van der Waals surface area contributed by atoms with Crippen molar-refractivity contribution in [2.24, 2.45) is 0 Å². The van der Waals surface area contributed by atoms with Crippen molar-refractivity contribution in [3.8, 4) is 11.1 Å². The van der Waals surface area contributed by atoms with Gasteiger partial charge in [-0.3, -0.25) is 0 Å². The van der Waals surface area contributed by atoms with Crippen LogP contribution in [0.1, 0.15) is 18.4 Å². The summed E-state index contributed by atoms with van der Waals surface area (Å²) in [6, 6.07) is 8.84. The molecule has 1 nitrogen and oxygen atoms in total. The first kappa shape index (κ1) is 11.3. The number of halogens is 1. The predicted molar refractivity (Wildman–Crippen MR) is 74.6 cm³/mol. The van der Waals surface area contributed by atoms with Crippen LogP contribution in [0.4, 0.5) is 0 Å². The van der Waals surface area contributed by atoms with Gasteiger partial charge in [0, 0.05) is 17.6 Å². The highest BCUT2D eigenvalue weighted by molar-refractivity contribution is 7.08. The molecule has 1 aromatic carbocycles. The van der Waals surface area contributed by atoms with Crippen LogP contribution in [-0.2, 0) is 6.54 Å². The maximum atomic E-state index is 5.91. The fourth-order valence-corrected chi connectivity index (χ4v) is 2.88. The fraction of sp³-hybridized carbons (Fsp3) is 0.286. The Hall–Kier alpha value is -0.830. The van der Waals surface area contributed by atoms with Crippen molar-refractivity contribution in [3.05, 3.63) is 45.6 Å². The average Bonchev–Trinajstić information content (AvgIpc) is 3.06. The van der Waals surface area contributed by atoms with Crippen LogP contribution in [0.5, 0.6) is 0 Å². The van der Waals surface area contributed by atoms with Crippen LogP contribution in [0.15, 0.2) is 35.0 Å². The number of hydrogen-bond donors (Lipinski definition) is 1. The molecule has 1 saturated carbocycles. The van der Waals surface area contributed by atoms with E-state index >= 15 is 0 Å². The molecule has 0 spiro atoms. The minimum absolute atomic E-state index is 0.757. The zero-order valence-electron chi connectivity index (χ0n) is 9.45. The molecular formula is C14H14ClNS. The molecule has 0 atom stereocenters. The standard InChI is InChI=1S/C14H14ClNS/c15-12-3-1-10(2-4-12)14-9-17-8-11(14)7-16-13-5-6-13/h1-4,8-9,13,16H,5-7H2. The second kappa shape index (κ2) is 4.81. The van der Waals surface area contributed by atoms with Crippen molar-refractivity contribution in [3.63, 3.8) is 0 Å². The van der Waals surface area contributed by atoms with Gasteiger partial charge in [0.2, 0.25) is 0 Å². The maximum Gasteiger partial charge on any atom is 0.0406 e. The Morgan fingerprint density at radius 3 is 2.65 bits per heavy atom. The van der Waals surface area contributed by atoms with Crippen LogP contribution in [0.25, 0.3) is 11.1 Å². The second-order valence-electron chi connectivity index (χ2n) is 4.47. The normalized spacial score (nSPS) is 15.1. The minimum Gasteiger partial charge on any atom is -0.310 e. The Balaban J connectivity index is 1.81. The zero-order chi connectivity index (χ0) is 11.7. The molecule has 1 aromatic heterocycles. The number of nitrogens with one attached hydrogen (secondary N) is 1. The largest absolute Gasteiger partial charge is 0.310 e. The number of rotatable bonds is 4. The molecule has 1 aliphatic carbocycles. The smallest absolute Gasteiger partial charge is 0.0406 e. The molecule has 0 saturated heterocycles. The van der Waals surface area contributed by atoms with E-state index in [0.29, 0.717) is 0 Å². The summed E-state index contributed by atoms with van der Waals surface area (Å²) in [6.45, 7) is 0.978. The van der Waals surface area contributed by atoms with Gasteiger partial charge in [-0.2, -0.15) is 11.3 Å². The topological polar surface area (TPSA) is 12.0 Å². The van der Waals surface area contributed by atoms with Crippen LogP contribution in [0.3, 0.4) is 0 Å². The summed E-state index contributed by atoms with van der Waals surface area (Å²) in [5.74, 6) is 0. The minimum atomic E-state index is 0.757. The lowest BCUT2D eigenvalue weighted by Gasteiger charge is -2.05. The summed E-state index contributed by atoms with van der Waals surface area (Å²) in [5.41, 5.74) is 3.98. The van der Waals surface area contributed by atoms with E-state index in [1.54, 1.807) is 11.3 Å². The van der Waals surface area contributed by atoms with E-state index in [4.69, 9.17) is 11.6 Å². The van der Waals surface area contributed by atoms with Crippen LogP contribution in [0, 0.1) is 0 Å². The molecule has 88 valence electrons. The van der Waals surface area contributed by atoms with Gasteiger partial charge in [-0.15, -0.1) is 0 Å². The predicted octanol–water partition coefficient (Wildman–Crippen LogP) is 4.32. The van der Waals surface area contributed by atoms with E-state index in [-0.39, 0.29) is 0 Å². The van der Waals surface area contributed by atoms with Crippen molar-refractivity contribution in [2.45, 2.75) is 25.4 Å². The molecule has 1 aliphatic rings. The van der Waals surface area contributed by atoms with Gasteiger partial charge >= 0.3 is 0 Å². The molecule has 0 unspecified atom stereocenters. The highest BCUT2D eigenvalue weighted by Crippen LogP contribution is 2.29. The van der Waals surface area contributed by atoms with Gasteiger partial charge in [-0.05, 0) is 52.4 Å². The SMILES string of the molecule is Clc1ccc(-c2cscc2CNC2CC2)cc1. The van der Waals surface area contributed by atoms with Crippen LogP contribution in [0.2, 0.25) is 5.02 Å². The van der Waals surface area contributed by atoms with E-state index in [2.05, 4.69) is 28.2 Å². The van der Waals surface area contributed by atoms with E-state index < -0.39 is 0 Å². The highest BCUT2D eigenvalue weighted by atomic mass is 35.5. The Morgan fingerprint density at radius 2 is 1.94 bits per heavy atom. The number of thiophene rings is 1. The second-order valence-corrected chi connectivity index (χ2v) is 5.65. The van der Waals surface area contributed by atoms with Crippen molar-refractivity contribution < 1.29 is 0 Å². The van der Waals surface area contributed by atoms with Crippen molar-refractivity contribution in [1.29, 1.82) is 0 Å². The molecule has 3 heteroatoms. The lowest BCUT2D eigenvalue weighted by atomic mass is 10.0. The summed E-state index contributed by atoms with van der Waals surface area (Å²) in [4.78, 5) is 0. The molecular weight excluding hydrogens is 250 g/mol. The van der Waals surface area contributed by atoms with E-state index in [1.807, 2.05) is 12.1 Å². The lowest BCUT2D eigenvalue weighted by molar-refractivity contribution is 0.690. The first-order valence-electron chi connectivity index (χ1n) is 5.87. The van der Waals surface area contributed by atoms with E-state index in [9.17, 15) is 0 Å². The summed E-state index contributed by atoms with van der Waals surface area (Å²) >= 11 is 7.68. The van der Waals surface area contributed by atoms with Crippen molar-refractivity contribution in [2.75, 3.05) is 0 Å². The Kier molecular flexibility index (Phi) is 3.19. The molecule has 0 radical (unpaired) electrons. The quantitative estimate of drug-likeness (QED) is 0.866. The number of benzene rings is 1. The van der Waals surface area contributed by atoms with Crippen LogP contribution < -0.4 is 5.32 Å². The summed E-state index contributed by atoms with van der Waals surface area (Å²) in [5, 5.41) is 8.81.